The van der Waals surface area contributed by atoms with E-state index < -0.39 is 0 Å². The molecule has 10 aromatic rings. The highest BCUT2D eigenvalue weighted by atomic mass is 32.1. The molecule has 2 aromatic heterocycles. The van der Waals surface area contributed by atoms with Gasteiger partial charge in [-0.2, -0.15) is 0 Å². The summed E-state index contributed by atoms with van der Waals surface area (Å²) in [5, 5.41) is 4.14. The van der Waals surface area contributed by atoms with Crippen LogP contribution in [0.3, 0.4) is 0 Å². The Morgan fingerprint density at radius 3 is 1.90 bits per heavy atom. The van der Waals surface area contributed by atoms with Crippen molar-refractivity contribution in [2.24, 2.45) is 0 Å². The Morgan fingerprint density at radius 2 is 1.19 bits per heavy atom. The van der Waals surface area contributed by atoms with Gasteiger partial charge in [0.15, 0.2) is 0 Å². The minimum absolute atomic E-state index is 0.0235. The van der Waals surface area contributed by atoms with Gasteiger partial charge in [0.1, 0.15) is 0 Å². The van der Waals surface area contributed by atoms with Gasteiger partial charge in [0, 0.05) is 53.8 Å². The third kappa shape index (κ3) is 5.37. The van der Waals surface area contributed by atoms with Gasteiger partial charge in [-0.3, -0.25) is 0 Å². The van der Waals surface area contributed by atoms with E-state index in [9.17, 15) is 0 Å². The molecule has 2 nitrogen and oxygen atoms in total. The van der Waals surface area contributed by atoms with Crippen LogP contribution in [0.15, 0.2) is 146 Å². The van der Waals surface area contributed by atoms with Gasteiger partial charge in [0.25, 0.3) is 0 Å². The number of nitrogens with zero attached hydrogens (tertiary/aromatic N) is 2. The molecule has 0 amide bonds. The van der Waals surface area contributed by atoms with Crippen LogP contribution in [-0.2, 0) is 27.1 Å². The first-order valence-electron chi connectivity index (χ1n) is 26.5. The van der Waals surface area contributed by atoms with Crippen LogP contribution in [0.2, 0.25) is 0 Å². The Hall–Kier alpha value is -6.62. The number of hydrogen-bond donors (Lipinski definition) is 0. The van der Waals surface area contributed by atoms with Crippen molar-refractivity contribution in [2.75, 3.05) is 4.81 Å². The molecule has 0 unspecified atom stereocenters. The SMILES string of the molecule is CC(C)(C)c1ccc(N2B3c4cc5cc(-c6ccccc6)sc5cc4-n4c5cc6c(cc5c5c7c(c(c3c54)-c3cc4c(cc32)-c2ccccc2C4(C)C)-c2ccccc2C7(C)C)C(C)(C)CCC6(C)C)cc1. The molecule has 0 bridgehead atoms. The van der Waals surface area contributed by atoms with Crippen LogP contribution < -0.4 is 15.7 Å². The first-order chi connectivity index (χ1) is 34.3. The first-order valence-corrected chi connectivity index (χ1v) is 27.3. The number of fused-ring (bicyclic) bond motifs is 18. The average molecular weight is 949 g/mol. The van der Waals surface area contributed by atoms with Gasteiger partial charge < -0.3 is 9.38 Å². The average Bonchev–Trinajstić information content (AvgIpc) is 4.06. The maximum Gasteiger partial charge on any atom is 0.333 e. The maximum absolute atomic E-state index is 2.78. The number of aromatic nitrogens is 1. The molecule has 352 valence electrons. The van der Waals surface area contributed by atoms with E-state index in [0.717, 1.165) is 0 Å². The molecule has 0 fully saturated rings. The molecule has 2 aliphatic heterocycles. The third-order valence-corrected chi connectivity index (χ3v) is 19.9. The van der Waals surface area contributed by atoms with E-state index in [-0.39, 0.29) is 33.9 Å². The van der Waals surface area contributed by atoms with Crippen LogP contribution in [0.4, 0.5) is 11.4 Å². The second-order valence-corrected chi connectivity index (χ2v) is 26.6. The molecule has 4 heterocycles. The number of hydrogen-bond acceptors (Lipinski definition) is 2. The Bertz CT molecular complexity index is 4070. The Balaban J connectivity index is 1.18. The summed E-state index contributed by atoms with van der Waals surface area (Å²) in [5.74, 6) is 0. The summed E-state index contributed by atoms with van der Waals surface area (Å²) in [6.45, 7) is 26.8. The lowest BCUT2D eigenvalue weighted by atomic mass is 9.43. The molecule has 15 rings (SSSR count). The summed E-state index contributed by atoms with van der Waals surface area (Å²) in [7, 11) is 0. The molecule has 0 saturated heterocycles. The van der Waals surface area contributed by atoms with Gasteiger partial charge in [-0.15, -0.1) is 11.3 Å². The minimum atomic E-state index is -0.255. The van der Waals surface area contributed by atoms with Crippen molar-refractivity contribution in [2.45, 2.75) is 116 Å². The van der Waals surface area contributed by atoms with E-state index in [2.05, 4.69) is 231 Å². The Labute approximate surface area is 429 Å². The quantitative estimate of drug-likeness (QED) is 0.157. The molecule has 5 aliphatic rings. The van der Waals surface area contributed by atoms with Gasteiger partial charge in [-0.25, -0.2) is 0 Å². The van der Waals surface area contributed by atoms with Crippen LogP contribution in [0.25, 0.3) is 81.4 Å². The molecular weight excluding hydrogens is 888 g/mol. The second-order valence-electron chi connectivity index (χ2n) is 25.5. The predicted octanol–water partition coefficient (Wildman–Crippen LogP) is 17.2. The molecule has 0 saturated carbocycles. The molecule has 0 N–H and O–H groups in total. The predicted molar refractivity (Wildman–Crippen MR) is 310 cm³/mol. The monoisotopic (exact) mass is 948 g/mol. The van der Waals surface area contributed by atoms with Crippen LogP contribution in [0.1, 0.15) is 128 Å². The first kappa shape index (κ1) is 43.0. The van der Waals surface area contributed by atoms with E-state index in [1.165, 1.54) is 155 Å². The zero-order valence-electron chi connectivity index (χ0n) is 43.7. The van der Waals surface area contributed by atoms with Gasteiger partial charge in [-0.05, 0) is 166 Å². The molecule has 0 atom stereocenters. The van der Waals surface area contributed by atoms with Gasteiger partial charge in [-0.1, -0.05) is 173 Å². The van der Waals surface area contributed by atoms with Crippen molar-refractivity contribution in [3.8, 4) is 49.5 Å². The second kappa shape index (κ2) is 13.7. The van der Waals surface area contributed by atoms with Crippen molar-refractivity contribution in [1.82, 2.24) is 4.57 Å². The lowest BCUT2D eigenvalue weighted by Gasteiger charge is -2.44. The maximum atomic E-state index is 2.78. The van der Waals surface area contributed by atoms with E-state index in [1.807, 2.05) is 11.3 Å². The summed E-state index contributed by atoms with van der Waals surface area (Å²) in [4.78, 5) is 4.09. The molecule has 0 radical (unpaired) electrons. The van der Waals surface area contributed by atoms with Crippen molar-refractivity contribution in [3.63, 3.8) is 0 Å². The van der Waals surface area contributed by atoms with E-state index in [4.69, 9.17) is 0 Å². The summed E-state index contributed by atoms with van der Waals surface area (Å²) in [6.07, 6.45) is 2.35. The molecular formula is C68H61BN2S. The number of rotatable bonds is 2. The fourth-order valence-electron chi connectivity index (χ4n) is 14.8. The molecule has 4 heteroatoms. The summed E-state index contributed by atoms with van der Waals surface area (Å²) >= 11 is 1.93. The van der Waals surface area contributed by atoms with E-state index >= 15 is 0 Å². The molecule has 72 heavy (non-hydrogen) atoms. The highest BCUT2D eigenvalue weighted by molar-refractivity contribution is 7.22. The highest BCUT2D eigenvalue weighted by Gasteiger charge is 2.51. The minimum Gasteiger partial charge on any atom is -0.376 e. The summed E-state index contributed by atoms with van der Waals surface area (Å²) in [5.41, 5.74) is 28.7. The molecule has 3 aliphatic carbocycles. The number of anilines is 2. The Morgan fingerprint density at radius 1 is 0.542 bits per heavy atom. The molecule has 8 aromatic carbocycles. The van der Waals surface area contributed by atoms with Crippen LogP contribution >= 0.6 is 11.3 Å². The zero-order chi connectivity index (χ0) is 49.3. The third-order valence-electron chi connectivity index (χ3n) is 18.7. The Kier molecular flexibility index (Phi) is 8.19. The van der Waals surface area contributed by atoms with Gasteiger partial charge >= 0.3 is 6.85 Å². The standard InChI is InChI=1S/C68H61BN2S/c1-64(2,3)40-25-27-41(28-26-40)71-54-35-44-42-21-15-17-23-47(42)67(8,9)49(44)33-46(54)59-58-43-22-16-18-24-48(43)68(10,11)61(58)60-45-34-50-51(66(6,7)30-29-65(50,4)5)36-53(45)70-55-37-57-39(31-52(55)69(71)62(59)63(60)70)32-56(72-57)38-19-13-12-14-20-38/h12-28,31-37H,29-30H2,1-11H3. The van der Waals surface area contributed by atoms with Crippen LogP contribution in [0, 0.1) is 0 Å². The van der Waals surface area contributed by atoms with Gasteiger partial charge in [0.2, 0.25) is 0 Å². The molecule has 0 spiro atoms. The van der Waals surface area contributed by atoms with Gasteiger partial charge in [0.05, 0.1) is 11.0 Å². The van der Waals surface area contributed by atoms with Crippen LogP contribution in [0.5, 0.6) is 0 Å². The van der Waals surface area contributed by atoms with Crippen molar-refractivity contribution in [1.29, 1.82) is 0 Å². The summed E-state index contributed by atoms with van der Waals surface area (Å²) in [6, 6.07) is 57.6. The van der Waals surface area contributed by atoms with E-state index in [1.54, 1.807) is 0 Å². The largest absolute Gasteiger partial charge is 0.376 e. The van der Waals surface area contributed by atoms with E-state index in [0.29, 0.717) is 0 Å². The lowest BCUT2D eigenvalue weighted by Crippen LogP contribution is -2.60. The van der Waals surface area contributed by atoms with Crippen molar-refractivity contribution in [3.05, 3.63) is 185 Å². The summed E-state index contributed by atoms with van der Waals surface area (Å²) < 4.78 is 4.11. The zero-order valence-corrected chi connectivity index (χ0v) is 44.5. The highest BCUT2D eigenvalue weighted by Crippen LogP contribution is 2.62. The smallest absolute Gasteiger partial charge is 0.333 e. The normalized spacial score (nSPS) is 17.7. The van der Waals surface area contributed by atoms with Crippen LogP contribution in [-0.4, -0.2) is 11.4 Å². The lowest BCUT2D eigenvalue weighted by molar-refractivity contribution is 0.332. The van der Waals surface area contributed by atoms with Crippen molar-refractivity contribution < 1.29 is 0 Å². The number of thiophene rings is 1. The fourth-order valence-corrected chi connectivity index (χ4v) is 15.9. The fraction of sp³-hybridized carbons (Fsp3) is 0.265. The number of benzene rings is 8. The topological polar surface area (TPSA) is 8.17 Å². The van der Waals surface area contributed by atoms with Crippen molar-refractivity contribution >= 4 is 72.4 Å².